The molecule has 0 bridgehead atoms. The van der Waals surface area contributed by atoms with E-state index in [1.54, 1.807) is 29.2 Å². The van der Waals surface area contributed by atoms with Gasteiger partial charge in [-0.05, 0) is 129 Å². The molecule has 3 aliphatic carbocycles. The standard InChI is InChI=1S/C43H60N2O5/c1-29(46)30-15-17-31(18-16-30)42(50)45-26-12-14-38(45)41(49)44-25-11-9-7-5-3-4-6-8-10-13-32-27-33-28-34(47)19-20-35(33)36-23-24-43(2)37(40(32)36)21-22-39(43)48/h15-20,28,32,36-40,47-48H,3-14,21-27H2,1-2H3,(H,44,49)/t32-,36-,37+,38?,39+,40-,43+/m1/s1. The van der Waals surface area contributed by atoms with Gasteiger partial charge in [-0.25, -0.2) is 0 Å². The van der Waals surface area contributed by atoms with Gasteiger partial charge in [0.2, 0.25) is 5.91 Å². The van der Waals surface area contributed by atoms with E-state index in [9.17, 15) is 24.6 Å². The number of fused-ring (bicyclic) bond motifs is 5. The Labute approximate surface area is 299 Å². The Morgan fingerprint density at radius 3 is 2.26 bits per heavy atom. The number of Topliss-reactive ketones (excluding diaryl/α,β-unsaturated/α-hetero) is 1. The third kappa shape index (κ3) is 7.98. The molecule has 4 aliphatic rings. The van der Waals surface area contributed by atoms with Crippen LogP contribution in [0.3, 0.4) is 0 Å². The zero-order valence-corrected chi connectivity index (χ0v) is 30.5. The number of amides is 2. The molecule has 50 heavy (non-hydrogen) atoms. The fraction of sp³-hybridized carbons (Fsp3) is 0.651. The lowest BCUT2D eigenvalue weighted by Crippen LogP contribution is -2.47. The first kappa shape index (κ1) is 36.6. The highest BCUT2D eigenvalue weighted by Gasteiger charge is 2.56. The van der Waals surface area contributed by atoms with Crippen molar-refractivity contribution in [1.29, 1.82) is 0 Å². The van der Waals surface area contributed by atoms with Gasteiger partial charge in [-0.1, -0.05) is 76.5 Å². The maximum Gasteiger partial charge on any atom is 0.254 e. The van der Waals surface area contributed by atoms with E-state index in [0.29, 0.717) is 60.1 Å². The largest absolute Gasteiger partial charge is 0.508 e. The molecule has 0 radical (unpaired) electrons. The number of aliphatic hydroxyl groups is 1. The summed E-state index contributed by atoms with van der Waals surface area (Å²) < 4.78 is 0. The molecule has 3 N–H and O–H groups in total. The molecular formula is C43H60N2O5. The van der Waals surface area contributed by atoms with E-state index < -0.39 is 6.04 Å². The lowest BCUT2D eigenvalue weighted by molar-refractivity contribution is -0.124. The number of benzene rings is 2. The lowest BCUT2D eigenvalue weighted by atomic mass is 9.52. The van der Waals surface area contributed by atoms with Crippen LogP contribution in [0, 0.1) is 23.2 Å². The minimum Gasteiger partial charge on any atom is -0.508 e. The van der Waals surface area contributed by atoms with E-state index in [2.05, 4.69) is 18.3 Å². The van der Waals surface area contributed by atoms with Crippen molar-refractivity contribution in [3.05, 3.63) is 64.7 Å². The Morgan fingerprint density at radius 1 is 0.860 bits per heavy atom. The molecule has 0 spiro atoms. The van der Waals surface area contributed by atoms with Gasteiger partial charge in [0.1, 0.15) is 11.8 Å². The summed E-state index contributed by atoms with van der Waals surface area (Å²) in [6, 6.07) is 12.4. The number of aromatic hydroxyl groups is 1. The molecular weight excluding hydrogens is 624 g/mol. The molecule has 0 aromatic heterocycles. The second-order valence-corrected chi connectivity index (χ2v) is 16.3. The average molecular weight is 685 g/mol. The molecule has 7 heteroatoms. The van der Waals surface area contributed by atoms with Gasteiger partial charge in [0.15, 0.2) is 5.78 Å². The number of nitrogens with zero attached hydrogens (tertiary/aromatic N) is 1. The minimum atomic E-state index is -0.419. The smallest absolute Gasteiger partial charge is 0.254 e. The average Bonchev–Trinajstić information content (AvgIpc) is 3.72. The third-order valence-corrected chi connectivity index (χ3v) is 13.2. The number of likely N-dealkylation sites (tertiary alicyclic amines) is 1. The van der Waals surface area contributed by atoms with Crippen molar-refractivity contribution in [3.63, 3.8) is 0 Å². The van der Waals surface area contributed by atoms with E-state index in [-0.39, 0.29) is 29.1 Å². The van der Waals surface area contributed by atoms with Gasteiger partial charge in [0, 0.05) is 24.2 Å². The van der Waals surface area contributed by atoms with Gasteiger partial charge in [-0.3, -0.25) is 14.4 Å². The Balaban J connectivity index is 0.848. The summed E-state index contributed by atoms with van der Waals surface area (Å²) >= 11 is 0. The van der Waals surface area contributed by atoms with Crippen molar-refractivity contribution in [3.8, 4) is 5.75 Å². The van der Waals surface area contributed by atoms with Crippen LogP contribution in [0.5, 0.6) is 5.75 Å². The number of phenols is 1. The van der Waals surface area contributed by atoms with Crippen molar-refractivity contribution in [2.75, 3.05) is 13.1 Å². The predicted octanol–water partition coefficient (Wildman–Crippen LogP) is 8.36. The normalized spacial score (nSPS) is 28.5. The topological polar surface area (TPSA) is 107 Å². The molecule has 1 aliphatic heterocycles. The van der Waals surface area contributed by atoms with Gasteiger partial charge in [-0.15, -0.1) is 0 Å². The third-order valence-electron chi connectivity index (χ3n) is 13.2. The van der Waals surface area contributed by atoms with Crippen LogP contribution in [0.4, 0.5) is 0 Å². The molecule has 1 unspecified atom stereocenters. The van der Waals surface area contributed by atoms with Crippen LogP contribution < -0.4 is 5.32 Å². The highest BCUT2D eigenvalue weighted by Crippen LogP contribution is 2.62. The summed E-state index contributed by atoms with van der Waals surface area (Å²) in [5.74, 6) is 2.65. The maximum atomic E-state index is 13.1. The van der Waals surface area contributed by atoms with Crippen LogP contribution >= 0.6 is 0 Å². The SMILES string of the molecule is CC(=O)c1ccc(C(=O)N2CCCC2C(=O)NCCCCCCCCCCC[C@@H]2Cc3cc(O)ccc3[C@H]3CC[C@]4(C)[C@@H](O)CC[C@H]4[C@H]23)cc1. The van der Waals surface area contributed by atoms with Crippen molar-refractivity contribution in [2.45, 2.75) is 141 Å². The zero-order chi connectivity index (χ0) is 35.3. The Bertz CT molecular complexity index is 1490. The minimum absolute atomic E-state index is 0.0319. The van der Waals surface area contributed by atoms with E-state index in [0.717, 1.165) is 51.4 Å². The van der Waals surface area contributed by atoms with Crippen LogP contribution in [0.25, 0.3) is 0 Å². The monoisotopic (exact) mass is 684 g/mol. The van der Waals surface area contributed by atoms with Crippen LogP contribution in [0.1, 0.15) is 154 Å². The fourth-order valence-corrected chi connectivity index (χ4v) is 10.4. The van der Waals surface area contributed by atoms with E-state index in [1.165, 1.54) is 69.4 Å². The molecule has 272 valence electrons. The Kier molecular flexibility index (Phi) is 12.0. The van der Waals surface area contributed by atoms with E-state index >= 15 is 0 Å². The first-order valence-corrected chi connectivity index (χ1v) is 19.9. The number of unbranched alkanes of at least 4 members (excludes halogenated alkanes) is 8. The molecule has 2 aromatic carbocycles. The molecule has 2 aromatic rings. The van der Waals surface area contributed by atoms with Gasteiger partial charge < -0.3 is 20.4 Å². The summed E-state index contributed by atoms with van der Waals surface area (Å²) in [4.78, 5) is 39.3. The molecule has 2 amide bonds. The number of aliphatic hydroxyl groups excluding tert-OH is 1. The van der Waals surface area contributed by atoms with Crippen molar-refractivity contribution < 1.29 is 24.6 Å². The molecule has 6 rings (SSSR count). The molecule has 3 fully saturated rings. The summed E-state index contributed by atoms with van der Waals surface area (Å²) in [7, 11) is 0. The molecule has 7 nitrogen and oxygen atoms in total. The summed E-state index contributed by atoms with van der Waals surface area (Å²) in [6.45, 7) is 5.10. The highest BCUT2D eigenvalue weighted by molar-refractivity contribution is 5.99. The number of nitrogens with one attached hydrogen (secondary N) is 1. The molecule has 1 saturated heterocycles. The van der Waals surface area contributed by atoms with Gasteiger partial charge in [0.05, 0.1) is 6.10 Å². The Hall–Kier alpha value is -3.19. The Morgan fingerprint density at radius 2 is 1.54 bits per heavy atom. The second-order valence-electron chi connectivity index (χ2n) is 16.3. The lowest BCUT2D eigenvalue weighted by Gasteiger charge is -2.53. The highest BCUT2D eigenvalue weighted by atomic mass is 16.3. The van der Waals surface area contributed by atoms with Crippen molar-refractivity contribution in [2.24, 2.45) is 23.2 Å². The maximum absolute atomic E-state index is 13.1. The quantitative estimate of drug-likeness (QED) is 0.129. The number of phenolic OH excluding ortho intramolecular Hbond substituents is 1. The van der Waals surface area contributed by atoms with Gasteiger partial charge in [-0.2, -0.15) is 0 Å². The van der Waals surface area contributed by atoms with E-state index in [4.69, 9.17) is 0 Å². The molecule has 7 atom stereocenters. The van der Waals surface area contributed by atoms with Crippen molar-refractivity contribution in [1.82, 2.24) is 10.2 Å². The second kappa shape index (κ2) is 16.4. The fourth-order valence-electron chi connectivity index (χ4n) is 10.4. The number of hydrogen-bond acceptors (Lipinski definition) is 5. The first-order chi connectivity index (χ1) is 24.2. The van der Waals surface area contributed by atoms with Crippen LogP contribution in [0.2, 0.25) is 0 Å². The molecule has 2 saturated carbocycles. The summed E-state index contributed by atoms with van der Waals surface area (Å²) in [6.07, 6.45) is 18.9. The number of ketones is 1. The van der Waals surface area contributed by atoms with Crippen LogP contribution in [-0.2, 0) is 11.2 Å². The van der Waals surface area contributed by atoms with Crippen LogP contribution in [0.15, 0.2) is 42.5 Å². The number of carbonyl (C=O) groups excluding carboxylic acids is 3. The number of hydrogen-bond donors (Lipinski definition) is 3. The number of carbonyl (C=O) groups is 3. The first-order valence-electron chi connectivity index (χ1n) is 19.9. The summed E-state index contributed by atoms with van der Waals surface area (Å²) in [5.41, 5.74) is 4.00. The summed E-state index contributed by atoms with van der Waals surface area (Å²) in [5, 5.41) is 24.3. The predicted molar refractivity (Wildman–Crippen MR) is 197 cm³/mol. The van der Waals surface area contributed by atoms with E-state index in [1.807, 2.05) is 12.1 Å². The zero-order valence-electron chi connectivity index (χ0n) is 30.5. The number of rotatable bonds is 15. The van der Waals surface area contributed by atoms with Crippen molar-refractivity contribution >= 4 is 17.6 Å². The van der Waals surface area contributed by atoms with Gasteiger partial charge >= 0.3 is 0 Å². The van der Waals surface area contributed by atoms with Crippen LogP contribution in [-0.4, -0.2) is 57.9 Å². The molecule has 1 heterocycles. The van der Waals surface area contributed by atoms with Gasteiger partial charge in [0.25, 0.3) is 5.91 Å².